The van der Waals surface area contributed by atoms with Crippen molar-refractivity contribution in [2.45, 2.75) is 13.8 Å². The zero-order chi connectivity index (χ0) is 16.1. The zero-order valence-electron chi connectivity index (χ0n) is 12.6. The summed E-state index contributed by atoms with van der Waals surface area (Å²) in [4.78, 5) is 21.6. The summed E-state index contributed by atoms with van der Waals surface area (Å²) >= 11 is 6.18. The fourth-order valence-electron chi connectivity index (χ4n) is 2.92. The molecule has 0 atom stereocenters. The number of nitrogens with zero attached hydrogens (tertiary/aromatic N) is 4. The van der Waals surface area contributed by atoms with Crippen LogP contribution in [0.2, 0.25) is 5.02 Å². The molecule has 0 aliphatic carbocycles. The van der Waals surface area contributed by atoms with Crippen LogP contribution in [0.15, 0.2) is 47.5 Å². The van der Waals surface area contributed by atoms with Gasteiger partial charge in [-0.3, -0.25) is 18.7 Å². The van der Waals surface area contributed by atoms with Crippen LogP contribution in [0, 0.1) is 13.8 Å². The van der Waals surface area contributed by atoms with Gasteiger partial charge in [0, 0.05) is 23.1 Å². The standard InChI is InChI=1S/C17H13ClN4O/c1-10-9-20-16-17(23)22(13-4-3-7-19-11(13)2)15-8-12(18)5-6-14(15)21(10)16/h3-9H,1-2H3. The molecule has 5 nitrogen and oxygen atoms in total. The van der Waals surface area contributed by atoms with E-state index in [9.17, 15) is 4.79 Å². The molecule has 3 heterocycles. The molecule has 0 saturated carbocycles. The molecule has 0 aliphatic rings. The molecular weight excluding hydrogens is 312 g/mol. The number of fused-ring (bicyclic) bond motifs is 3. The Kier molecular flexibility index (Phi) is 2.99. The average Bonchev–Trinajstić information content (AvgIpc) is 2.91. The Morgan fingerprint density at radius 1 is 1.09 bits per heavy atom. The van der Waals surface area contributed by atoms with Crippen LogP contribution in [-0.4, -0.2) is 18.9 Å². The Hall–Kier alpha value is -2.66. The van der Waals surface area contributed by atoms with Crippen LogP contribution < -0.4 is 5.56 Å². The molecule has 0 amide bonds. The van der Waals surface area contributed by atoms with Gasteiger partial charge in [0.15, 0.2) is 0 Å². The van der Waals surface area contributed by atoms with Gasteiger partial charge in [-0.15, -0.1) is 0 Å². The molecule has 4 aromatic rings. The van der Waals surface area contributed by atoms with Crippen LogP contribution in [-0.2, 0) is 0 Å². The zero-order valence-corrected chi connectivity index (χ0v) is 13.4. The van der Waals surface area contributed by atoms with Gasteiger partial charge in [-0.2, -0.15) is 0 Å². The first-order valence-electron chi connectivity index (χ1n) is 7.18. The minimum absolute atomic E-state index is 0.191. The highest BCUT2D eigenvalue weighted by atomic mass is 35.5. The van der Waals surface area contributed by atoms with Crippen molar-refractivity contribution in [3.63, 3.8) is 0 Å². The van der Waals surface area contributed by atoms with E-state index in [1.807, 2.05) is 42.5 Å². The fraction of sp³-hybridized carbons (Fsp3) is 0.118. The summed E-state index contributed by atoms with van der Waals surface area (Å²) in [6, 6.07) is 9.20. The Labute approximate surface area is 136 Å². The van der Waals surface area contributed by atoms with E-state index in [4.69, 9.17) is 11.6 Å². The third-order valence-electron chi connectivity index (χ3n) is 3.97. The van der Waals surface area contributed by atoms with Crippen molar-refractivity contribution in [2.24, 2.45) is 0 Å². The van der Waals surface area contributed by atoms with E-state index in [-0.39, 0.29) is 5.56 Å². The Balaban J connectivity index is 2.31. The molecule has 114 valence electrons. The Bertz CT molecular complexity index is 1130. The van der Waals surface area contributed by atoms with Crippen molar-refractivity contribution in [2.75, 3.05) is 0 Å². The second kappa shape index (κ2) is 4.93. The molecular formula is C17H13ClN4O. The monoisotopic (exact) mass is 324 g/mol. The van der Waals surface area contributed by atoms with E-state index in [1.165, 1.54) is 0 Å². The number of benzene rings is 1. The second-order valence-corrected chi connectivity index (χ2v) is 5.88. The van der Waals surface area contributed by atoms with Gasteiger partial charge < -0.3 is 0 Å². The molecule has 3 aromatic heterocycles. The summed E-state index contributed by atoms with van der Waals surface area (Å²) in [5.41, 5.74) is 4.20. The second-order valence-electron chi connectivity index (χ2n) is 5.44. The van der Waals surface area contributed by atoms with E-state index in [0.29, 0.717) is 10.7 Å². The van der Waals surface area contributed by atoms with Crippen molar-refractivity contribution >= 4 is 28.3 Å². The number of hydrogen-bond donors (Lipinski definition) is 0. The van der Waals surface area contributed by atoms with Crippen molar-refractivity contribution in [3.05, 3.63) is 69.5 Å². The van der Waals surface area contributed by atoms with Crippen molar-refractivity contribution < 1.29 is 0 Å². The van der Waals surface area contributed by atoms with E-state index in [1.54, 1.807) is 23.0 Å². The molecule has 0 unspecified atom stereocenters. The van der Waals surface area contributed by atoms with E-state index >= 15 is 0 Å². The van der Waals surface area contributed by atoms with Gasteiger partial charge in [-0.05, 0) is 44.2 Å². The molecule has 1 aromatic carbocycles. The van der Waals surface area contributed by atoms with Crippen LogP contribution in [0.5, 0.6) is 0 Å². The van der Waals surface area contributed by atoms with Gasteiger partial charge in [-0.1, -0.05) is 11.6 Å². The molecule has 0 saturated heterocycles. The van der Waals surface area contributed by atoms with Gasteiger partial charge in [0.2, 0.25) is 5.65 Å². The van der Waals surface area contributed by atoms with E-state index in [2.05, 4.69) is 9.97 Å². The third-order valence-corrected chi connectivity index (χ3v) is 4.21. The summed E-state index contributed by atoms with van der Waals surface area (Å²) in [7, 11) is 0. The quantitative estimate of drug-likeness (QED) is 0.540. The summed E-state index contributed by atoms with van der Waals surface area (Å²) in [5.74, 6) is 0. The maximum Gasteiger partial charge on any atom is 0.299 e. The molecule has 0 aliphatic heterocycles. The van der Waals surface area contributed by atoms with Crippen LogP contribution >= 0.6 is 11.6 Å². The molecule has 0 fully saturated rings. The Morgan fingerprint density at radius 3 is 2.70 bits per heavy atom. The van der Waals surface area contributed by atoms with Crippen LogP contribution in [0.1, 0.15) is 11.4 Å². The lowest BCUT2D eigenvalue weighted by molar-refractivity contribution is 0.975. The van der Waals surface area contributed by atoms with Crippen molar-refractivity contribution in [3.8, 4) is 5.69 Å². The fourth-order valence-corrected chi connectivity index (χ4v) is 3.08. The Morgan fingerprint density at radius 2 is 1.91 bits per heavy atom. The molecule has 23 heavy (non-hydrogen) atoms. The maximum atomic E-state index is 13.0. The smallest absolute Gasteiger partial charge is 0.291 e. The number of pyridine rings is 1. The van der Waals surface area contributed by atoms with Gasteiger partial charge in [0.05, 0.1) is 22.4 Å². The number of aromatic nitrogens is 4. The van der Waals surface area contributed by atoms with E-state index in [0.717, 1.165) is 28.1 Å². The molecule has 0 bridgehead atoms. The topological polar surface area (TPSA) is 52.2 Å². The predicted octanol–water partition coefficient (Wildman–Crippen LogP) is 3.30. The molecule has 0 spiro atoms. The van der Waals surface area contributed by atoms with Gasteiger partial charge >= 0.3 is 0 Å². The van der Waals surface area contributed by atoms with Crippen molar-refractivity contribution in [1.29, 1.82) is 0 Å². The number of aryl methyl sites for hydroxylation is 2. The normalized spacial score (nSPS) is 11.4. The summed E-state index contributed by atoms with van der Waals surface area (Å²) in [6.45, 7) is 3.80. The predicted molar refractivity (Wildman–Crippen MR) is 90.6 cm³/mol. The van der Waals surface area contributed by atoms with E-state index < -0.39 is 0 Å². The highest BCUT2D eigenvalue weighted by Gasteiger charge is 2.16. The average molecular weight is 325 g/mol. The first kappa shape index (κ1) is 14.0. The third kappa shape index (κ3) is 1.97. The molecule has 4 rings (SSSR count). The van der Waals surface area contributed by atoms with Gasteiger partial charge in [-0.25, -0.2) is 4.98 Å². The summed E-state index contributed by atoms with van der Waals surface area (Å²) in [5, 5.41) is 0.573. The minimum Gasteiger partial charge on any atom is -0.291 e. The maximum absolute atomic E-state index is 13.0. The van der Waals surface area contributed by atoms with Crippen LogP contribution in [0.25, 0.3) is 22.4 Å². The SMILES string of the molecule is Cc1ncccc1-n1c(=O)c2ncc(C)n2c2ccc(Cl)cc21. The van der Waals surface area contributed by atoms with Gasteiger partial charge in [0.1, 0.15) is 0 Å². The van der Waals surface area contributed by atoms with Crippen molar-refractivity contribution in [1.82, 2.24) is 18.9 Å². The van der Waals surface area contributed by atoms with Crippen LogP contribution in [0.4, 0.5) is 0 Å². The minimum atomic E-state index is -0.191. The van der Waals surface area contributed by atoms with Gasteiger partial charge in [0.25, 0.3) is 5.56 Å². The number of rotatable bonds is 1. The lowest BCUT2D eigenvalue weighted by atomic mass is 10.2. The number of hydrogen-bond acceptors (Lipinski definition) is 3. The summed E-state index contributed by atoms with van der Waals surface area (Å²) in [6.07, 6.45) is 3.41. The molecule has 0 N–H and O–H groups in total. The number of halogens is 1. The summed E-state index contributed by atoms with van der Waals surface area (Å²) < 4.78 is 3.49. The highest BCUT2D eigenvalue weighted by molar-refractivity contribution is 6.31. The lowest BCUT2D eigenvalue weighted by Crippen LogP contribution is -2.23. The number of imidazole rings is 1. The first-order valence-corrected chi connectivity index (χ1v) is 7.56. The highest BCUT2D eigenvalue weighted by Crippen LogP contribution is 2.23. The van der Waals surface area contributed by atoms with Crippen LogP contribution in [0.3, 0.4) is 0 Å². The largest absolute Gasteiger partial charge is 0.299 e. The first-order chi connectivity index (χ1) is 11.1. The lowest BCUT2D eigenvalue weighted by Gasteiger charge is -2.14. The molecule has 0 radical (unpaired) electrons. The molecule has 6 heteroatoms.